The fourth-order valence-corrected chi connectivity index (χ4v) is 2.22. The molecule has 128 valence electrons. The van der Waals surface area contributed by atoms with E-state index in [4.69, 9.17) is 9.47 Å². The number of amides is 1. The smallest absolute Gasteiger partial charge is 0.247 e. The van der Waals surface area contributed by atoms with Gasteiger partial charge >= 0.3 is 0 Å². The first-order valence-electron chi connectivity index (χ1n) is 7.56. The van der Waals surface area contributed by atoms with Crippen LogP contribution < -0.4 is 14.8 Å². The fourth-order valence-electron chi connectivity index (χ4n) is 2.22. The Bertz CT molecular complexity index is 807. The largest absolute Gasteiger partial charge is 0.493 e. The average Bonchev–Trinajstić information content (AvgIpc) is 2.65. The van der Waals surface area contributed by atoms with E-state index in [-0.39, 0.29) is 11.7 Å². The third kappa shape index (κ3) is 4.57. The highest BCUT2D eigenvalue weighted by atomic mass is 16.5. The first kappa shape index (κ1) is 18.0. The summed E-state index contributed by atoms with van der Waals surface area (Å²) in [6, 6.07) is 12.1. The molecule has 0 aliphatic carbocycles. The lowest BCUT2D eigenvalue weighted by atomic mass is 10.1. The van der Waals surface area contributed by atoms with E-state index in [1.54, 1.807) is 50.6 Å². The summed E-state index contributed by atoms with van der Waals surface area (Å²) in [5.41, 5.74) is 1.85. The second kappa shape index (κ2) is 8.49. The SMILES string of the molecule is C=CC(=O)Nc1ccc(C(=O)C=Cc2cccc(OC)c2OC)cc1. The molecule has 0 aliphatic heterocycles. The molecular formula is C20H19NO4. The molecule has 0 spiro atoms. The molecule has 0 bridgehead atoms. The Balaban J connectivity index is 2.15. The molecule has 5 heteroatoms. The number of methoxy groups -OCH3 is 2. The normalized spacial score (nSPS) is 10.3. The zero-order chi connectivity index (χ0) is 18.2. The van der Waals surface area contributed by atoms with Gasteiger partial charge in [0, 0.05) is 16.8 Å². The van der Waals surface area contributed by atoms with Gasteiger partial charge in [-0.1, -0.05) is 18.7 Å². The van der Waals surface area contributed by atoms with Crippen LogP contribution in [0.3, 0.4) is 0 Å². The predicted octanol–water partition coefficient (Wildman–Crippen LogP) is 3.72. The van der Waals surface area contributed by atoms with Crippen molar-refractivity contribution in [2.75, 3.05) is 19.5 Å². The van der Waals surface area contributed by atoms with E-state index in [9.17, 15) is 9.59 Å². The number of carbonyl (C=O) groups excluding carboxylic acids is 2. The van der Waals surface area contributed by atoms with Gasteiger partial charge in [0.2, 0.25) is 5.91 Å². The minimum absolute atomic E-state index is 0.161. The summed E-state index contributed by atoms with van der Waals surface area (Å²) in [7, 11) is 3.11. The van der Waals surface area contributed by atoms with Gasteiger partial charge in [-0.25, -0.2) is 0 Å². The standard InChI is InChI=1S/C20H19NO4/c1-4-19(23)21-16-11-8-14(9-12-16)17(22)13-10-15-6-5-7-18(24-2)20(15)25-3/h4-13H,1H2,2-3H3,(H,21,23). The second-order valence-electron chi connectivity index (χ2n) is 5.05. The summed E-state index contributed by atoms with van der Waals surface area (Å²) in [5, 5.41) is 2.63. The quantitative estimate of drug-likeness (QED) is 0.618. The maximum atomic E-state index is 12.3. The van der Waals surface area contributed by atoms with Gasteiger partial charge in [0.25, 0.3) is 0 Å². The van der Waals surface area contributed by atoms with E-state index in [1.807, 2.05) is 12.1 Å². The molecule has 0 radical (unpaired) electrons. The molecule has 1 N–H and O–H groups in total. The molecule has 0 fully saturated rings. The molecule has 2 rings (SSSR count). The lowest BCUT2D eigenvalue weighted by molar-refractivity contribution is -0.111. The predicted molar refractivity (Wildman–Crippen MR) is 98.2 cm³/mol. The highest BCUT2D eigenvalue weighted by molar-refractivity contribution is 6.07. The summed E-state index contributed by atoms with van der Waals surface area (Å²) in [4.78, 5) is 23.5. The van der Waals surface area contributed by atoms with Crippen molar-refractivity contribution < 1.29 is 19.1 Å². The van der Waals surface area contributed by atoms with E-state index in [0.717, 1.165) is 5.56 Å². The lowest BCUT2D eigenvalue weighted by Gasteiger charge is -2.09. The minimum atomic E-state index is -0.302. The van der Waals surface area contributed by atoms with E-state index in [0.29, 0.717) is 22.7 Å². The molecule has 0 saturated heterocycles. The molecule has 0 atom stereocenters. The second-order valence-corrected chi connectivity index (χ2v) is 5.05. The number of ketones is 1. The van der Waals surface area contributed by atoms with Gasteiger partial charge < -0.3 is 14.8 Å². The number of nitrogens with one attached hydrogen (secondary N) is 1. The van der Waals surface area contributed by atoms with Crippen LogP contribution in [0.1, 0.15) is 15.9 Å². The molecule has 0 saturated carbocycles. The van der Waals surface area contributed by atoms with Crippen molar-refractivity contribution in [2.45, 2.75) is 0 Å². The molecule has 2 aromatic carbocycles. The number of para-hydroxylation sites is 1. The fraction of sp³-hybridized carbons (Fsp3) is 0.100. The summed E-state index contributed by atoms with van der Waals surface area (Å²) in [6.45, 7) is 3.39. The average molecular weight is 337 g/mol. The Labute approximate surface area is 146 Å². The van der Waals surface area contributed by atoms with Crippen molar-refractivity contribution in [1.29, 1.82) is 0 Å². The van der Waals surface area contributed by atoms with Crippen LogP contribution in [0.4, 0.5) is 5.69 Å². The number of ether oxygens (including phenoxy) is 2. The van der Waals surface area contributed by atoms with Crippen LogP contribution in [0.2, 0.25) is 0 Å². The molecule has 0 aromatic heterocycles. The van der Waals surface area contributed by atoms with Crippen LogP contribution in [-0.4, -0.2) is 25.9 Å². The third-order valence-corrected chi connectivity index (χ3v) is 3.47. The van der Waals surface area contributed by atoms with Crippen LogP contribution >= 0.6 is 0 Å². The first-order chi connectivity index (χ1) is 12.1. The number of rotatable bonds is 7. The van der Waals surface area contributed by atoms with Crippen molar-refractivity contribution in [1.82, 2.24) is 0 Å². The van der Waals surface area contributed by atoms with Crippen LogP contribution in [0.15, 0.2) is 61.2 Å². The van der Waals surface area contributed by atoms with Crippen molar-refractivity contribution >= 4 is 23.5 Å². The lowest BCUT2D eigenvalue weighted by Crippen LogP contribution is -2.07. The molecule has 25 heavy (non-hydrogen) atoms. The van der Waals surface area contributed by atoms with Gasteiger partial charge in [-0.3, -0.25) is 9.59 Å². The van der Waals surface area contributed by atoms with E-state index < -0.39 is 0 Å². The van der Waals surface area contributed by atoms with E-state index in [1.165, 1.54) is 12.2 Å². The van der Waals surface area contributed by atoms with Gasteiger partial charge in [-0.2, -0.15) is 0 Å². The Kier molecular flexibility index (Phi) is 6.12. The number of hydrogen-bond donors (Lipinski definition) is 1. The molecule has 0 heterocycles. The zero-order valence-corrected chi connectivity index (χ0v) is 14.1. The van der Waals surface area contributed by atoms with Crippen molar-refractivity contribution in [3.05, 3.63) is 72.3 Å². The number of anilines is 1. The van der Waals surface area contributed by atoms with E-state index >= 15 is 0 Å². The van der Waals surface area contributed by atoms with Crippen LogP contribution in [0.5, 0.6) is 11.5 Å². The summed E-state index contributed by atoms with van der Waals surface area (Å²) < 4.78 is 10.6. The number of benzene rings is 2. The van der Waals surface area contributed by atoms with Crippen LogP contribution in [-0.2, 0) is 4.79 Å². The van der Waals surface area contributed by atoms with Crippen molar-refractivity contribution in [3.63, 3.8) is 0 Å². The summed E-state index contributed by atoms with van der Waals surface area (Å²) in [6.07, 6.45) is 4.33. The first-order valence-corrected chi connectivity index (χ1v) is 7.56. The Hall–Kier alpha value is -3.34. The topological polar surface area (TPSA) is 64.6 Å². The van der Waals surface area contributed by atoms with Crippen molar-refractivity contribution in [3.8, 4) is 11.5 Å². The highest BCUT2D eigenvalue weighted by Crippen LogP contribution is 2.31. The molecule has 0 aliphatic rings. The summed E-state index contributed by atoms with van der Waals surface area (Å²) >= 11 is 0. The van der Waals surface area contributed by atoms with Gasteiger partial charge in [0.05, 0.1) is 14.2 Å². The Morgan fingerprint density at radius 3 is 2.36 bits per heavy atom. The third-order valence-electron chi connectivity index (χ3n) is 3.47. The molecular weight excluding hydrogens is 318 g/mol. The number of hydrogen-bond acceptors (Lipinski definition) is 4. The van der Waals surface area contributed by atoms with Crippen molar-refractivity contribution in [2.24, 2.45) is 0 Å². The molecule has 0 unspecified atom stereocenters. The van der Waals surface area contributed by atoms with Gasteiger partial charge in [0.1, 0.15) is 0 Å². The molecule has 2 aromatic rings. The molecule has 5 nitrogen and oxygen atoms in total. The highest BCUT2D eigenvalue weighted by Gasteiger charge is 2.08. The minimum Gasteiger partial charge on any atom is -0.493 e. The van der Waals surface area contributed by atoms with Crippen LogP contribution in [0, 0.1) is 0 Å². The monoisotopic (exact) mass is 337 g/mol. The maximum absolute atomic E-state index is 12.3. The zero-order valence-electron chi connectivity index (χ0n) is 14.1. The van der Waals surface area contributed by atoms with Gasteiger partial charge in [-0.05, 0) is 48.6 Å². The van der Waals surface area contributed by atoms with E-state index in [2.05, 4.69) is 11.9 Å². The van der Waals surface area contributed by atoms with Gasteiger partial charge in [0.15, 0.2) is 17.3 Å². The summed E-state index contributed by atoms with van der Waals surface area (Å²) in [5.74, 6) is 0.700. The number of allylic oxidation sites excluding steroid dienone is 1. The van der Waals surface area contributed by atoms with Gasteiger partial charge in [-0.15, -0.1) is 0 Å². The van der Waals surface area contributed by atoms with Crippen LogP contribution in [0.25, 0.3) is 6.08 Å². The molecule has 1 amide bonds. The Morgan fingerprint density at radius 2 is 1.76 bits per heavy atom. The maximum Gasteiger partial charge on any atom is 0.247 e. The number of carbonyl (C=O) groups is 2. The Morgan fingerprint density at radius 1 is 1.04 bits per heavy atom.